The fourth-order valence-corrected chi connectivity index (χ4v) is 2.51. The average molecular weight is 308 g/mol. The molecule has 3 aromatic rings. The molecule has 1 aromatic heterocycles. The number of H-pyrrole nitrogens is 1. The maximum atomic E-state index is 11.6. The highest BCUT2D eigenvalue weighted by Crippen LogP contribution is 2.30. The van der Waals surface area contributed by atoms with Crippen LogP contribution in [0.3, 0.4) is 0 Å². The molecule has 1 heterocycles. The Bertz CT molecular complexity index is 826. The van der Waals surface area contributed by atoms with E-state index in [2.05, 4.69) is 10.2 Å². The Morgan fingerprint density at radius 3 is 2.74 bits per heavy atom. The molecule has 0 amide bonds. The third-order valence-electron chi connectivity index (χ3n) is 3.64. The second-order valence-electron chi connectivity index (χ2n) is 5.15. The summed E-state index contributed by atoms with van der Waals surface area (Å²) in [6.07, 6.45) is 1.81. The van der Waals surface area contributed by atoms with Crippen LogP contribution in [0, 0.1) is 0 Å². The lowest BCUT2D eigenvalue weighted by molar-refractivity contribution is -0.139. The number of aromatic nitrogens is 2. The first kappa shape index (κ1) is 14.8. The number of ether oxygens (including phenoxy) is 1. The van der Waals surface area contributed by atoms with Crippen LogP contribution >= 0.6 is 0 Å². The summed E-state index contributed by atoms with van der Waals surface area (Å²) in [7, 11) is 1.35. The van der Waals surface area contributed by atoms with Gasteiger partial charge in [0.1, 0.15) is 5.75 Å². The second kappa shape index (κ2) is 6.36. The maximum Gasteiger partial charge on any atom is 0.310 e. The number of aromatic amines is 1. The van der Waals surface area contributed by atoms with Gasteiger partial charge >= 0.3 is 5.97 Å². The Labute approximate surface area is 133 Å². The van der Waals surface area contributed by atoms with Crippen molar-refractivity contribution in [2.24, 2.45) is 0 Å². The van der Waals surface area contributed by atoms with Crippen LogP contribution < -0.4 is 0 Å². The van der Waals surface area contributed by atoms with Gasteiger partial charge in [-0.15, -0.1) is 0 Å². The summed E-state index contributed by atoms with van der Waals surface area (Å²) in [5.74, 6) is -0.223. The first-order valence-electron chi connectivity index (χ1n) is 7.16. The number of carbonyl (C=O) groups excluding carboxylic acids is 1. The molecule has 0 radical (unpaired) electrons. The number of nitrogens with zero attached hydrogens (tertiary/aromatic N) is 1. The molecule has 0 aliphatic heterocycles. The van der Waals surface area contributed by atoms with Gasteiger partial charge in [-0.25, -0.2) is 0 Å². The van der Waals surface area contributed by atoms with Crippen LogP contribution in [-0.4, -0.2) is 28.4 Å². The van der Waals surface area contributed by atoms with Crippen molar-refractivity contribution < 1.29 is 14.6 Å². The third-order valence-corrected chi connectivity index (χ3v) is 3.64. The molecule has 0 spiro atoms. The largest absolute Gasteiger partial charge is 0.508 e. The Balaban J connectivity index is 2.04. The minimum Gasteiger partial charge on any atom is -0.508 e. The highest BCUT2D eigenvalue weighted by molar-refractivity contribution is 5.80. The minimum atomic E-state index is -0.346. The zero-order valence-electron chi connectivity index (χ0n) is 12.6. The molecule has 0 bridgehead atoms. The van der Waals surface area contributed by atoms with Gasteiger partial charge in [-0.3, -0.25) is 9.89 Å². The molecule has 0 saturated heterocycles. The molecular formula is C18H16N2O3. The first-order chi connectivity index (χ1) is 11.2. The summed E-state index contributed by atoms with van der Waals surface area (Å²) in [6.45, 7) is 0. The van der Waals surface area contributed by atoms with Crippen LogP contribution in [0.2, 0.25) is 0 Å². The van der Waals surface area contributed by atoms with Gasteiger partial charge in [-0.05, 0) is 41.0 Å². The smallest absolute Gasteiger partial charge is 0.310 e. The fourth-order valence-electron chi connectivity index (χ4n) is 2.51. The van der Waals surface area contributed by atoms with Gasteiger partial charge in [0, 0.05) is 11.8 Å². The number of esters is 1. The third kappa shape index (κ3) is 3.23. The molecule has 0 saturated carbocycles. The number of methoxy groups -OCH3 is 1. The number of phenolic OH excluding ortho intramolecular Hbond substituents is 1. The molecule has 116 valence electrons. The predicted molar refractivity (Wildman–Crippen MR) is 86.8 cm³/mol. The molecule has 5 nitrogen and oxygen atoms in total. The Morgan fingerprint density at radius 1 is 1.17 bits per heavy atom. The molecule has 2 aromatic carbocycles. The molecule has 0 fully saturated rings. The van der Waals surface area contributed by atoms with Crippen molar-refractivity contribution in [1.29, 1.82) is 0 Å². The van der Waals surface area contributed by atoms with E-state index in [1.165, 1.54) is 7.11 Å². The minimum absolute atomic E-state index is 0.106. The van der Waals surface area contributed by atoms with Gasteiger partial charge < -0.3 is 9.84 Å². The Kier molecular flexibility index (Phi) is 4.10. The van der Waals surface area contributed by atoms with Crippen molar-refractivity contribution in [3.05, 3.63) is 60.3 Å². The molecule has 23 heavy (non-hydrogen) atoms. The first-order valence-corrected chi connectivity index (χ1v) is 7.16. The van der Waals surface area contributed by atoms with Crippen molar-refractivity contribution in [3.63, 3.8) is 0 Å². The summed E-state index contributed by atoms with van der Waals surface area (Å²) in [6, 6.07) is 14.8. The van der Waals surface area contributed by atoms with Gasteiger partial charge in [0.05, 0.1) is 19.2 Å². The lowest BCUT2D eigenvalue weighted by Crippen LogP contribution is -2.05. The van der Waals surface area contributed by atoms with Crippen molar-refractivity contribution >= 4 is 5.97 Å². The SMILES string of the molecule is COC(=O)Cc1cc(O)ccc1-c1cccc(-c2ccn[nH]2)c1. The van der Waals surface area contributed by atoms with E-state index in [1.54, 1.807) is 24.4 Å². The van der Waals surface area contributed by atoms with Crippen LogP contribution in [0.15, 0.2) is 54.7 Å². The Morgan fingerprint density at radius 2 is 2.00 bits per heavy atom. The normalized spacial score (nSPS) is 10.5. The quantitative estimate of drug-likeness (QED) is 0.726. The highest BCUT2D eigenvalue weighted by atomic mass is 16.5. The molecule has 2 N–H and O–H groups in total. The predicted octanol–water partition coefficient (Wildman–Crippen LogP) is 3.16. The van der Waals surface area contributed by atoms with Crippen LogP contribution in [0.4, 0.5) is 0 Å². The molecule has 0 aliphatic carbocycles. The van der Waals surface area contributed by atoms with E-state index in [4.69, 9.17) is 4.74 Å². The number of nitrogens with one attached hydrogen (secondary N) is 1. The number of rotatable bonds is 4. The summed E-state index contributed by atoms with van der Waals surface area (Å²) < 4.78 is 4.73. The summed E-state index contributed by atoms with van der Waals surface area (Å²) in [5.41, 5.74) is 4.47. The van der Waals surface area contributed by atoms with E-state index in [-0.39, 0.29) is 18.1 Å². The van der Waals surface area contributed by atoms with Crippen molar-refractivity contribution in [1.82, 2.24) is 10.2 Å². The van der Waals surface area contributed by atoms with E-state index < -0.39 is 0 Å². The molecule has 0 unspecified atom stereocenters. The second-order valence-corrected chi connectivity index (χ2v) is 5.15. The zero-order valence-corrected chi connectivity index (χ0v) is 12.6. The fraction of sp³-hybridized carbons (Fsp3) is 0.111. The number of benzene rings is 2. The average Bonchev–Trinajstić information content (AvgIpc) is 3.09. The number of hydrogen-bond acceptors (Lipinski definition) is 4. The molecule has 3 rings (SSSR count). The van der Waals surface area contributed by atoms with Crippen molar-refractivity contribution in [2.45, 2.75) is 6.42 Å². The molecule has 0 aliphatic rings. The number of phenols is 1. The van der Waals surface area contributed by atoms with E-state index in [0.29, 0.717) is 0 Å². The number of aromatic hydroxyl groups is 1. The van der Waals surface area contributed by atoms with Crippen LogP contribution in [0.5, 0.6) is 5.75 Å². The van der Waals surface area contributed by atoms with Gasteiger partial charge in [0.2, 0.25) is 0 Å². The van der Waals surface area contributed by atoms with E-state index in [9.17, 15) is 9.90 Å². The number of carbonyl (C=O) groups is 1. The van der Waals surface area contributed by atoms with Gasteiger partial charge in [0.25, 0.3) is 0 Å². The molecular weight excluding hydrogens is 292 g/mol. The highest BCUT2D eigenvalue weighted by Gasteiger charge is 2.12. The van der Waals surface area contributed by atoms with Crippen LogP contribution in [-0.2, 0) is 16.0 Å². The van der Waals surface area contributed by atoms with E-state index >= 15 is 0 Å². The van der Waals surface area contributed by atoms with Crippen molar-refractivity contribution in [2.75, 3.05) is 7.11 Å². The van der Waals surface area contributed by atoms with Crippen molar-refractivity contribution in [3.8, 4) is 28.1 Å². The number of hydrogen-bond donors (Lipinski definition) is 2. The van der Waals surface area contributed by atoms with Gasteiger partial charge in [-0.2, -0.15) is 5.10 Å². The standard InChI is InChI=1S/C18H16N2O3/c1-23-18(22)11-14-10-15(21)5-6-16(14)12-3-2-4-13(9-12)17-7-8-19-20-17/h2-10,21H,11H2,1H3,(H,19,20). The summed E-state index contributed by atoms with van der Waals surface area (Å²) in [4.78, 5) is 11.6. The lowest BCUT2D eigenvalue weighted by Gasteiger charge is -2.11. The van der Waals surface area contributed by atoms with Crippen LogP contribution in [0.25, 0.3) is 22.4 Å². The topological polar surface area (TPSA) is 75.2 Å². The lowest BCUT2D eigenvalue weighted by atomic mass is 9.95. The zero-order chi connectivity index (χ0) is 16.2. The molecule has 5 heteroatoms. The van der Waals surface area contributed by atoms with Gasteiger partial charge in [-0.1, -0.05) is 24.3 Å². The maximum absolute atomic E-state index is 11.6. The monoisotopic (exact) mass is 308 g/mol. The van der Waals surface area contributed by atoms with Gasteiger partial charge in [0.15, 0.2) is 0 Å². The molecule has 0 atom stereocenters. The van der Waals surface area contributed by atoms with Crippen LogP contribution in [0.1, 0.15) is 5.56 Å². The summed E-state index contributed by atoms with van der Waals surface area (Å²) in [5, 5.41) is 16.6. The summed E-state index contributed by atoms with van der Waals surface area (Å²) >= 11 is 0. The van der Waals surface area contributed by atoms with E-state index in [0.717, 1.165) is 27.9 Å². The Hall–Kier alpha value is -3.08. The van der Waals surface area contributed by atoms with E-state index in [1.807, 2.05) is 30.3 Å².